The van der Waals surface area contributed by atoms with Crippen molar-refractivity contribution in [3.8, 4) is 0 Å². The van der Waals surface area contributed by atoms with E-state index >= 15 is 0 Å². The first-order valence-corrected chi connectivity index (χ1v) is 9.47. The van der Waals surface area contributed by atoms with Gasteiger partial charge in [-0.3, -0.25) is 4.99 Å². The van der Waals surface area contributed by atoms with Gasteiger partial charge < -0.3 is 15.4 Å². The second-order valence-electron chi connectivity index (χ2n) is 5.42. The Morgan fingerprint density at radius 2 is 1.96 bits per heavy atom. The molecule has 1 aliphatic rings. The number of aliphatic imine (C=N–C) groups is 1. The lowest BCUT2D eigenvalue weighted by atomic mass is 10.2. The van der Waals surface area contributed by atoms with Crippen LogP contribution in [0.1, 0.15) is 5.56 Å². The van der Waals surface area contributed by atoms with Gasteiger partial charge in [-0.2, -0.15) is 4.31 Å². The van der Waals surface area contributed by atoms with E-state index in [-0.39, 0.29) is 48.4 Å². The maximum Gasteiger partial charge on any atom is 0.215 e. The second-order valence-corrected chi connectivity index (χ2v) is 7.50. The molecule has 0 aromatic heterocycles. The van der Waals surface area contributed by atoms with Gasteiger partial charge in [-0.05, 0) is 18.2 Å². The van der Waals surface area contributed by atoms with Crippen LogP contribution in [-0.2, 0) is 21.3 Å². The molecule has 1 fully saturated rings. The summed E-state index contributed by atoms with van der Waals surface area (Å²) >= 11 is 0. The van der Waals surface area contributed by atoms with Crippen molar-refractivity contribution in [1.82, 2.24) is 14.9 Å². The van der Waals surface area contributed by atoms with E-state index in [9.17, 15) is 17.2 Å². The normalized spacial score (nSPS) is 16.0. The molecular formula is C15H23F2IN4O3S. The summed E-state index contributed by atoms with van der Waals surface area (Å²) in [6.45, 7) is 1.68. The Labute approximate surface area is 169 Å². The van der Waals surface area contributed by atoms with E-state index < -0.39 is 21.7 Å². The predicted molar refractivity (Wildman–Crippen MR) is 106 cm³/mol. The highest BCUT2D eigenvalue weighted by molar-refractivity contribution is 14.0. The molecule has 0 bridgehead atoms. The minimum absolute atomic E-state index is 0. The van der Waals surface area contributed by atoms with Gasteiger partial charge in [0, 0.05) is 38.8 Å². The van der Waals surface area contributed by atoms with Gasteiger partial charge in [0.25, 0.3) is 0 Å². The van der Waals surface area contributed by atoms with E-state index in [0.717, 1.165) is 18.2 Å². The lowest BCUT2D eigenvalue weighted by Gasteiger charge is -2.26. The first-order chi connectivity index (χ1) is 11.9. The first-order valence-electron chi connectivity index (χ1n) is 7.86. The van der Waals surface area contributed by atoms with Gasteiger partial charge in [-0.1, -0.05) is 0 Å². The Morgan fingerprint density at radius 1 is 1.27 bits per heavy atom. The van der Waals surface area contributed by atoms with Gasteiger partial charge in [0.1, 0.15) is 11.6 Å². The lowest BCUT2D eigenvalue weighted by Crippen LogP contribution is -2.45. The molecule has 148 valence electrons. The van der Waals surface area contributed by atoms with Gasteiger partial charge in [0.2, 0.25) is 10.0 Å². The molecule has 11 heteroatoms. The van der Waals surface area contributed by atoms with Gasteiger partial charge in [-0.25, -0.2) is 17.2 Å². The molecule has 2 rings (SSSR count). The fraction of sp³-hybridized carbons (Fsp3) is 0.533. The van der Waals surface area contributed by atoms with Crippen molar-refractivity contribution in [1.29, 1.82) is 0 Å². The summed E-state index contributed by atoms with van der Waals surface area (Å²) in [5, 5.41) is 5.68. The van der Waals surface area contributed by atoms with E-state index in [0.29, 0.717) is 32.3 Å². The van der Waals surface area contributed by atoms with E-state index in [1.165, 1.54) is 11.4 Å². The molecule has 1 aliphatic heterocycles. The summed E-state index contributed by atoms with van der Waals surface area (Å²) in [6.07, 6.45) is 0. The Kier molecular flexibility index (Phi) is 9.68. The number of sulfonamides is 1. The zero-order valence-corrected chi connectivity index (χ0v) is 17.5. The van der Waals surface area contributed by atoms with Crippen LogP contribution in [0.15, 0.2) is 23.2 Å². The van der Waals surface area contributed by atoms with Gasteiger partial charge in [-0.15, -0.1) is 24.0 Å². The van der Waals surface area contributed by atoms with Crippen molar-refractivity contribution in [2.24, 2.45) is 4.99 Å². The van der Waals surface area contributed by atoms with Crippen LogP contribution in [0.25, 0.3) is 0 Å². The highest BCUT2D eigenvalue weighted by atomic mass is 127. The van der Waals surface area contributed by atoms with E-state index in [2.05, 4.69) is 15.6 Å². The fourth-order valence-electron chi connectivity index (χ4n) is 2.33. The number of halogens is 3. The lowest BCUT2D eigenvalue weighted by molar-refractivity contribution is 0.0730. The SMILES string of the molecule is CN=C(NCCS(=O)(=O)N1CCOCC1)NCc1cc(F)ccc1F.I. The molecule has 0 atom stereocenters. The highest BCUT2D eigenvalue weighted by Gasteiger charge is 2.23. The van der Waals surface area contributed by atoms with E-state index in [1.807, 2.05) is 0 Å². The molecule has 0 radical (unpaired) electrons. The molecule has 1 heterocycles. The Morgan fingerprint density at radius 3 is 2.62 bits per heavy atom. The summed E-state index contributed by atoms with van der Waals surface area (Å²) in [7, 11) is -1.86. The van der Waals surface area contributed by atoms with Crippen LogP contribution in [0.4, 0.5) is 8.78 Å². The number of nitrogens with zero attached hydrogens (tertiary/aromatic N) is 2. The van der Waals surface area contributed by atoms with Crippen LogP contribution in [0.2, 0.25) is 0 Å². The number of rotatable bonds is 6. The number of hydrogen-bond donors (Lipinski definition) is 2. The molecule has 0 saturated carbocycles. The molecule has 1 saturated heterocycles. The number of benzene rings is 1. The predicted octanol–water partition coefficient (Wildman–Crippen LogP) is 0.910. The Balaban J connectivity index is 0.00000338. The maximum atomic E-state index is 13.6. The number of ether oxygens (including phenoxy) is 1. The standard InChI is InChI=1S/C15H22F2N4O3S.HI/c1-18-15(20-11-12-10-13(16)2-3-14(12)17)19-4-9-25(22,23)21-5-7-24-8-6-21;/h2-3,10H,4-9,11H2,1H3,(H2,18,19,20);1H. The summed E-state index contributed by atoms with van der Waals surface area (Å²) in [5.74, 6) is -0.847. The van der Waals surface area contributed by atoms with Crippen molar-refractivity contribution < 1.29 is 21.9 Å². The van der Waals surface area contributed by atoms with Gasteiger partial charge >= 0.3 is 0 Å². The molecule has 1 aromatic rings. The summed E-state index contributed by atoms with van der Waals surface area (Å²) < 4.78 is 57.6. The molecule has 1 aromatic carbocycles. The molecular weight excluding hydrogens is 481 g/mol. The van der Waals surface area contributed by atoms with Crippen molar-refractivity contribution >= 4 is 40.0 Å². The van der Waals surface area contributed by atoms with Crippen LogP contribution >= 0.6 is 24.0 Å². The summed E-state index contributed by atoms with van der Waals surface area (Å²) in [6, 6.07) is 3.19. The zero-order valence-electron chi connectivity index (χ0n) is 14.4. The third-order valence-electron chi connectivity index (χ3n) is 3.69. The van der Waals surface area contributed by atoms with Crippen LogP contribution < -0.4 is 10.6 Å². The molecule has 0 amide bonds. The molecule has 2 N–H and O–H groups in total. The van der Waals surface area contributed by atoms with Crippen molar-refractivity contribution in [2.75, 3.05) is 45.6 Å². The van der Waals surface area contributed by atoms with Gasteiger partial charge in [0.15, 0.2) is 5.96 Å². The summed E-state index contributed by atoms with van der Waals surface area (Å²) in [4.78, 5) is 3.94. The average molecular weight is 504 g/mol. The quantitative estimate of drug-likeness (QED) is 0.342. The van der Waals surface area contributed by atoms with Crippen molar-refractivity contribution in [2.45, 2.75) is 6.54 Å². The minimum Gasteiger partial charge on any atom is -0.379 e. The minimum atomic E-state index is -3.37. The van der Waals surface area contributed by atoms with Gasteiger partial charge in [0.05, 0.1) is 19.0 Å². The highest BCUT2D eigenvalue weighted by Crippen LogP contribution is 2.09. The van der Waals surface area contributed by atoms with Crippen molar-refractivity contribution in [3.05, 3.63) is 35.4 Å². The second kappa shape index (κ2) is 10.9. The molecule has 0 unspecified atom stereocenters. The largest absolute Gasteiger partial charge is 0.379 e. The van der Waals surface area contributed by atoms with Crippen LogP contribution in [0, 0.1) is 11.6 Å². The topological polar surface area (TPSA) is 83.0 Å². The number of guanidine groups is 1. The smallest absolute Gasteiger partial charge is 0.215 e. The maximum absolute atomic E-state index is 13.6. The summed E-state index contributed by atoms with van der Waals surface area (Å²) in [5.41, 5.74) is 0.156. The van der Waals surface area contributed by atoms with Crippen LogP contribution in [-0.4, -0.2) is 64.3 Å². The molecule has 0 spiro atoms. The fourth-order valence-corrected chi connectivity index (χ4v) is 3.65. The molecule has 0 aliphatic carbocycles. The zero-order chi connectivity index (χ0) is 18.3. The van der Waals surface area contributed by atoms with E-state index in [1.54, 1.807) is 0 Å². The van der Waals surface area contributed by atoms with Crippen molar-refractivity contribution in [3.63, 3.8) is 0 Å². The number of nitrogens with one attached hydrogen (secondary N) is 2. The molecule has 26 heavy (non-hydrogen) atoms. The average Bonchev–Trinajstić information content (AvgIpc) is 2.61. The first kappa shape index (κ1) is 23.0. The Bertz CT molecular complexity index is 713. The third kappa shape index (κ3) is 6.93. The van der Waals surface area contributed by atoms with E-state index in [4.69, 9.17) is 4.74 Å². The van der Waals surface area contributed by atoms with Crippen LogP contribution in [0.3, 0.4) is 0 Å². The number of morpholine rings is 1. The molecule has 7 nitrogen and oxygen atoms in total. The Hall–Kier alpha value is -1.05. The third-order valence-corrected chi connectivity index (χ3v) is 5.57. The monoisotopic (exact) mass is 504 g/mol. The number of hydrogen-bond acceptors (Lipinski definition) is 4. The van der Waals surface area contributed by atoms with Crippen LogP contribution in [0.5, 0.6) is 0 Å².